The van der Waals surface area contributed by atoms with E-state index in [2.05, 4.69) is 10.3 Å². The number of hydrogen-bond donors (Lipinski definition) is 2. The van der Waals surface area contributed by atoms with Crippen LogP contribution in [0.15, 0.2) is 65.5 Å². The molecule has 1 heterocycles. The van der Waals surface area contributed by atoms with Gasteiger partial charge >= 0.3 is 0 Å². The number of benzene rings is 2. The third-order valence-corrected chi connectivity index (χ3v) is 3.03. The number of anilines is 1. The van der Waals surface area contributed by atoms with Crippen molar-refractivity contribution in [1.29, 1.82) is 0 Å². The summed E-state index contributed by atoms with van der Waals surface area (Å²) in [4.78, 5) is 26.7. The van der Waals surface area contributed by atoms with Crippen LogP contribution in [0, 0.1) is 0 Å². The highest BCUT2D eigenvalue weighted by Gasteiger charge is 2.09. The van der Waals surface area contributed by atoms with Crippen molar-refractivity contribution in [2.45, 2.75) is 0 Å². The lowest BCUT2D eigenvalue weighted by atomic mass is 10.1. The van der Waals surface area contributed by atoms with E-state index in [-0.39, 0.29) is 17.2 Å². The maximum absolute atomic E-state index is 12.1. The van der Waals surface area contributed by atoms with Crippen LogP contribution >= 0.6 is 0 Å². The zero-order chi connectivity index (χ0) is 13.9. The average molecular weight is 264 g/mol. The van der Waals surface area contributed by atoms with Crippen LogP contribution in [0.2, 0.25) is 0 Å². The van der Waals surface area contributed by atoms with Crippen molar-refractivity contribution in [2.24, 2.45) is 0 Å². The van der Waals surface area contributed by atoms with Crippen molar-refractivity contribution in [3.8, 4) is 0 Å². The number of carbonyl (C=O) groups is 1. The molecule has 2 N–H and O–H groups in total. The van der Waals surface area contributed by atoms with Crippen molar-refractivity contribution >= 4 is 22.4 Å². The van der Waals surface area contributed by atoms with Crippen molar-refractivity contribution in [3.05, 3.63) is 76.7 Å². The maximum atomic E-state index is 12.1. The standard InChI is InChI=1S/C16H12N2O2/c19-15-13-9-5-4-6-11(13)10-14(18-15)16(20)17-12-7-2-1-3-8-12/h1-10H,(H,17,20)(H,18,19). The second-order valence-electron chi connectivity index (χ2n) is 4.42. The van der Waals surface area contributed by atoms with Gasteiger partial charge in [-0.1, -0.05) is 36.4 Å². The molecule has 1 aromatic heterocycles. The number of nitrogens with one attached hydrogen (secondary N) is 2. The van der Waals surface area contributed by atoms with Gasteiger partial charge in [-0.25, -0.2) is 0 Å². The first-order chi connectivity index (χ1) is 9.74. The van der Waals surface area contributed by atoms with Crippen molar-refractivity contribution in [1.82, 2.24) is 4.98 Å². The lowest BCUT2D eigenvalue weighted by Gasteiger charge is -2.06. The molecule has 4 heteroatoms. The van der Waals surface area contributed by atoms with Gasteiger partial charge < -0.3 is 10.3 Å². The molecule has 0 bridgehead atoms. The topological polar surface area (TPSA) is 62.0 Å². The number of para-hydroxylation sites is 1. The molecule has 3 rings (SSSR count). The molecule has 0 aliphatic heterocycles. The van der Waals surface area contributed by atoms with E-state index in [1.54, 1.807) is 30.3 Å². The number of carbonyl (C=O) groups excluding carboxylic acids is 1. The fraction of sp³-hybridized carbons (Fsp3) is 0. The van der Waals surface area contributed by atoms with Crippen LogP contribution in [0.25, 0.3) is 10.8 Å². The largest absolute Gasteiger partial charge is 0.321 e. The highest BCUT2D eigenvalue weighted by molar-refractivity contribution is 6.04. The summed E-state index contributed by atoms with van der Waals surface area (Å²) in [7, 11) is 0. The van der Waals surface area contributed by atoms with Crippen LogP contribution in [-0.4, -0.2) is 10.9 Å². The molecule has 0 aliphatic carbocycles. The van der Waals surface area contributed by atoms with E-state index in [0.717, 1.165) is 5.39 Å². The number of pyridine rings is 1. The molecule has 0 radical (unpaired) electrons. The molecule has 0 saturated carbocycles. The average Bonchev–Trinajstić information content (AvgIpc) is 2.48. The van der Waals surface area contributed by atoms with Gasteiger partial charge in [-0.15, -0.1) is 0 Å². The summed E-state index contributed by atoms with van der Waals surface area (Å²) in [6.07, 6.45) is 0. The highest BCUT2D eigenvalue weighted by Crippen LogP contribution is 2.12. The molecular weight excluding hydrogens is 252 g/mol. The second-order valence-corrected chi connectivity index (χ2v) is 4.42. The van der Waals surface area contributed by atoms with Gasteiger partial charge in [0.1, 0.15) is 5.69 Å². The van der Waals surface area contributed by atoms with E-state index >= 15 is 0 Å². The minimum absolute atomic E-state index is 0.248. The number of aromatic nitrogens is 1. The number of H-pyrrole nitrogens is 1. The number of rotatable bonds is 2. The Bertz CT molecular complexity index is 823. The van der Waals surface area contributed by atoms with Crippen LogP contribution in [0.1, 0.15) is 10.5 Å². The van der Waals surface area contributed by atoms with Crippen molar-refractivity contribution in [2.75, 3.05) is 5.32 Å². The predicted octanol–water partition coefficient (Wildman–Crippen LogP) is 2.78. The molecule has 98 valence electrons. The Morgan fingerprint density at radius 1 is 0.950 bits per heavy atom. The van der Waals surface area contributed by atoms with Crippen LogP contribution < -0.4 is 10.9 Å². The van der Waals surface area contributed by atoms with E-state index in [4.69, 9.17) is 0 Å². The minimum Gasteiger partial charge on any atom is -0.321 e. The van der Waals surface area contributed by atoms with Gasteiger partial charge in [0.2, 0.25) is 0 Å². The first-order valence-electron chi connectivity index (χ1n) is 6.22. The van der Waals surface area contributed by atoms with E-state index in [1.165, 1.54) is 0 Å². The lowest BCUT2D eigenvalue weighted by Crippen LogP contribution is -2.18. The van der Waals surface area contributed by atoms with Gasteiger partial charge in [0.05, 0.1) is 0 Å². The van der Waals surface area contributed by atoms with Crippen LogP contribution in [0.5, 0.6) is 0 Å². The smallest absolute Gasteiger partial charge is 0.272 e. The molecule has 0 saturated heterocycles. The molecule has 0 aliphatic rings. The molecular formula is C16H12N2O2. The number of fused-ring (bicyclic) bond motifs is 1. The summed E-state index contributed by atoms with van der Waals surface area (Å²) in [5, 5.41) is 4.06. The van der Waals surface area contributed by atoms with Gasteiger partial charge in [-0.3, -0.25) is 9.59 Å². The summed E-state index contributed by atoms with van der Waals surface area (Å²) in [6, 6.07) is 18.0. The Morgan fingerprint density at radius 3 is 2.45 bits per heavy atom. The van der Waals surface area contributed by atoms with Crippen LogP contribution in [0.3, 0.4) is 0 Å². The maximum Gasteiger partial charge on any atom is 0.272 e. The van der Waals surface area contributed by atoms with Crippen molar-refractivity contribution in [3.63, 3.8) is 0 Å². The second kappa shape index (κ2) is 5.01. The Morgan fingerprint density at radius 2 is 1.65 bits per heavy atom. The predicted molar refractivity (Wildman–Crippen MR) is 79.0 cm³/mol. The molecule has 0 spiro atoms. The number of amides is 1. The van der Waals surface area contributed by atoms with E-state index in [1.807, 2.05) is 30.3 Å². The SMILES string of the molecule is O=C(Nc1ccccc1)c1cc2ccccc2c(=O)[nH]1. The van der Waals surface area contributed by atoms with E-state index in [9.17, 15) is 9.59 Å². The van der Waals surface area contributed by atoms with Gasteiger partial charge in [0, 0.05) is 11.1 Å². The fourth-order valence-electron chi connectivity index (χ4n) is 2.05. The zero-order valence-corrected chi connectivity index (χ0v) is 10.6. The van der Waals surface area contributed by atoms with Crippen molar-refractivity contribution < 1.29 is 4.79 Å². The summed E-state index contributed by atoms with van der Waals surface area (Å²) in [5.41, 5.74) is 0.672. The first kappa shape index (κ1) is 12.2. The molecule has 0 unspecified atom stereocenters. The Hall–Kier alpha value is -2.88. The monoisotopic (exact) mass is 264 g/mol. The van der Waals surface area contributed by atoms with E-state index < -0.39 is 0 Å². The van der Waals surface area contributed by atoms with E-state index in [0.29, 0.717) is 11.1 Å². The quantitative estimate of drug-likeness (QED) is 0.747. The fourth-order valence-corrected chi connectivity index (χ4v) is 2.05. The molecule has 3 aromatic rings. The van der Waals surface area contributed by atoms with Crippen LogP contribution in [-0.2, 0) is 0 Å². The molecule has 20 heavy (non-hydrogen) atoms. The van der Waals surface area contributed by atoms with Gasteiger partial charge in [-0.2, -0.15) is 0 Å². The summed E-state index contributed by atoms with van der Waals surface area (Å²) in [6.45, 7) is 0. The molecule has 0 atom stereocenters. The van der Waals surface area contributed by atoms with Gasteiger partial charge in [0.15, 0.2) is 0 Å². The Labute approximate surface area is 115 Å². The third-order valence-electron chi connectivity index (χ3n) is 3.03. The first-order valence-corrected chi connectivity index (χ1v) is 6.22. The minimum atomic E-state index is -0.334. The molecule has 0 fully saturated rings. The Kier molecular flexibility index (Phi) is 3.05. The van der Waals surface area contributed by atoms with Crippen LogP contribution in [0.4, 0.5) is 5.69 Å². The summed E-state index contributed by atoms with van der Waals surface area (Å²) < 4.78 is 0. The molecule has 4 nitrogen and oxygen atoms in total. The zero-order valence-electron chi connectivity index (χ0n) is 10.6. The van der Waals surface area contributed by atoms with Gasteiger partial charge in [0.25, 0.3) is 11.5 Å². The Balaban J connectivity index is 1.98. The molecule has 2 aromatic carbocycles. The summed E-state index contributed by atoms with van der Waals surface area (Å²) in [5.74, 6) is -0.334. The number of hydrogen-bond acceptors (Lipinski definition) is 2. The highest BCUT2D eigenvalue weighted by atomic mass is 16.2. The summed E-state index contributed by atoms with van der Waals surface area (Å²) >= 11 is 0. The third kappa shape index (κ3) is 2.31. The van der Waals surface area contributed by atoms with Gasteiger partial charge in [-0.05, 0) is 29.7 Å². The normalized spacial score (nSPS) is 10.4. The molecule has 1 amide bonds. The lowest BCUT2D eigenvalue weighted by molar-refractivity contribution is 0.102. The number of aromatic amines is 1.